The summed E-state index contributed by atoms with van der Waals surface area (Å²) in [7, 11) is 0. The second-order valence-electron chi connectivity index (χ2n) is 6.95. The summed E-state index contributed by atoms with van der Waals surface area (Å²) in [5.41, 5.74) is 4.21. The van der Waals surface area contributed by atoms with Gasteiger partial charge >= 0.3 is 5.97 Å². The number of carboxylic acids is 1. The van der Waals surface area contributed by atoms with Crippen molar-refractivity contribution in [2.45, 2.75) is 38.5 Å². The van der Waals surface area contributed by atoms with Crippen LogP contribution in [0.15, 0.2) is 18.2 Å². The quantitative estimate of drug-likeness (QED) is 0.891. The van der Waals surface area contributed by atoms with Gasteiger partial charge in [-0.15, -0.1) is 0 Å². The molecule has 4 rings (SSSR count). The standard InChI is InChI=1S/C19H22N2O3/c22-18(21-10-4-5-12(11-21)19(23)24)15-8-3-7-14-13-6-1-2-9-16(13)20-17(14)15/h3,7-8,12,20H,1-2,4-6,9-11H2,(H,23,24). The van der Waals surface area contributed by atoms with Crippen LogP contribution in [0.2, 0.25) is 0 Å². The van der Waals surface area contributed by atoms with Crippen molar-refractivity contribution in [1.29, 1.82) is 0 Å². The summed E-state index contributed by atoms with van der Waals surface area (Å²) in [6.07, 6.45) is 5.90. The number of nitrogens with zero attached hydrogens (tertiary/aromatic N) is 1. The van der Waals surface area contributed by atoms with Crippen molar-refractivity contribution in [2.24, 2.45) is 5.92 Å². The van der Waals surface area contributed by atoms with E-state index in [1.807, 2.05) is 12.1 Å². The molecule has 1 aliphatic carbocycles. The molecule has 2 aromatic rings. The maximum absolute atomic E-state index is 13.0. The number of likely N-dealkylation sites (tertiary alicyclic amines) is 1. The third kappa shape index (κ3) is 2.48. The van der Waals surface area contributed by atoms with Gasteiger partial charge in [0.2, 0.25) is 0 Å². The van der Waals surface area contributed by atoms with Gasteiger partial charge in [0.1, 0.15) is 0 Å². The number of nitrogens with one attached hydrogen (secondary N) is 1. The minimum absolute atomic E-state index is 0.0508. The molecule has 126 valence electrons. The minimum Gasteiger partial charge on any atom is -0.481 e. The number of hydrogen-bond donors (Lipinski definition) is 2. The minimum atomic E-state index is -0.805. The summed E-state index contributed by atoms with van der Waals surface area (Å²) in [5.74, 6) is -1.30. The van der Waals surface area contributed by atoms with Gasteiger partial charge in [0, 0.05) is 24.2 Å². The van der Waals surface area contributed by atoms with Crippen LogP contribution < -0.4 is 0 Å². The van der Waals surface area contributed by atoms with Crippen molar-refractivity contribution in [1.82, 2.24) is 9.88 Å². The second-order valence-corrected chi connectivity index (χ2v) is 6.95. The number of benzene rings is 1. The Morgan fingerprint density at radius 2 is 2.00 bits per heavy atom. The lowest BCUT2D eigenvalue weighted by Gasteiger charge is -2.30. The van der Waals surface area contributed by atoms with Gasteiger partial charge in [-0.2, -0.15) is 0 Å². The van der Waals surface area contributed by atoms with Gasteiger partial charge in [0.25, 0.3) is 5.91 Å². The normalized spacial score (nSPS) is 20.8. The van der Waals surface area contributed by atoms with E-state index in [1.165, 1.54) is 24.1 Å². The number of rotatable bonds is 2. The van der Waals surface area contributed by atoms with Gasteiger partial charge in [-0.3, -0.25) is 9.59 Å². The highest BCUT2D eigenvalue weighted by Crippen LogP contribution is 2.31. The molecular formula is C19H22N2O3. The van der Waals surface area contributed by atoms with Crippen LogP contribution in [0, 0.1) is 5.92 Å². The highest BCUT2D eigenvalue weighted by atomic mass is 16.4. The average Bonchev–Trinajstić information content (AvgIpc) is 3.00. The number of H-pyrrole nitrogens is 1. The molecule has 0 spiro atoms. The number of amides is 1. The number of para-hydroxylation sites is 1. The number of fused-ring (bicyclic) bond motifs is 3. The molecule has 2 heterocycles. The molecule has 1 fully saturated rings. The Morgan fingerprint density at radius 3 is 2.83 bits per heavy atom. The fourth-order valence-electron chi connectivity index (χ4n) is 4.14. The van der Waals surface area contributed by atoms with E-state index >= 15 is 0 Å². The third-order valence-corrected chi connectivity index (χ3v) is 5.42. The van der Waals surface area contributed by atoms with Crippen LogP contribution in [0.3, 0.4) is 0 Å². The van der Waals surface area contributed by atoms with Crippen molar-refractivity contribution in [3.63, 3.8) is 0 Å². The van der Waals surface area contributed by atoms with Crippen LogP contribution in [0.1, 0.15) is 47.3 Å². The summed E-state index contributed by atoms with van der Waals surface area (Å²) in [6.45, 7) is 0.949. The van der Waals surface area contributed by atoms with E-state index < -0.39 is 11.9 Å². The number of carbonyl (C=O) groups excluding carboxylic acids is 1. The topological polar surface area (TPSA) is 73.4 Å². The lowest BCUT2D eigenvalue weighted by molar-refractivity contribution is -0.143. The smallest absolute Gasteiger partial charge is 0.308 e. The summed E-state index contributed by atoms with van der Waals surface area (Å²) >= 11 is 0. The summed E-state index contributed by atoms with van der Waals surface area (Å²) in [5, 5.41) is 10.4. The summed E-state index contributed by atoms with van der Waals surface area (Å²) in [4.78, 5) is 29.4. The summed E-state index contributed by atoms with van der Waals surface area (Å²) in [6, 6.07) is 5.89. The molecule has 1 amide bonds. The van der Waals surface area contributed by atoms with Gasteiger partial charge < -0.3 is 15.0 Å². The molecule has 0 radical (unpaired) electrons. The maximum atomic E-state index is 13.0. The molecule has 1 unspecified atom stereocenters. The second kappa shape index (κ2) is 5.96. The number of carboxylic acid groups (broad SMARTS) is 1. The first-order valence-electron chi connectivity index (χ1n) is 8.79. The zero-order valence-corrected chi connectivity index (χ0v) is 13.7. The molecule has 2 aliphatic rings. The number of aromatic amines is 1. The molecule has 1 atom stereocenters. The SMILES string of the molecule is O=C(O)C1CCCN(C(=O)c2cccc3c4c([nH]c23)CCCC4)C1. The lowest BCUT2D eigenvalue weighted by atomic mass is 9.95. The molecule has 5 nitrogen and oxygen atoms in total. The molecule has 1 aromatic carbocycles. The zero-order chi connectivity index (χ0) is 16.7. The van der Waals surface area contributed by atoms with E-state index in [4.69, 9.17) is 0 Å². The van der Waals surface area contributed by atoms with Gasteiger partial charge in [0.15, 0.2) is 0 Å². The largest absolute Gasteiger partial charge is 0.481 e. The number of hydrogen-bond acceptors (Lipinski definition) is 2. The first-order chi connectivity index (χ1) is 11.6. The fraction of sp³-hybridized carbons (Fsp3) is 0.474. The number of carbonyl (C=O) groups is 2. The summed E-state index contributed by atoms with van der Waals surface area (Å²) < 4.78 is 0. The molecule has 2 N–H and O–H groups in total. The van der Waals surface area contributed by atoms with E-state index in [0.717, 1.165) is 30.2 Å². The Bertz CT molecular complexity index is 808. The van der Waals surface area contributed by atoms with Crippen LogP contribution in [-0.2, 0) is 17.6 Å². The predicted octanol–water partition coefficient (Wildman–Crippen LogP) is 2.98. The van der Waals surface area contributed by atoms with Gasteiger partial charge in [-0.05, 0) is 50.2 Å². The Morgan fingerprint density at radius 1 is 1.17 bits per heavy atom. The monoisotopic (exact) mass is 326 g/mol. The number of aryl methyl sites for hydroxylation is 2. The molecule has 24 heavy (non-hydrogen) atoms. The van der Waals surface area contributed by atoms with E-state index in [2.05, 4.69) is 11.1 Å². The molecule has 0 bridgehead atoms. The van der Waals surface area contributed by atoms with Crippen LogP contribution in [0.4, 0.5) is 0 Å². The number of aliphatic carboxylic acids is 1. The molecular weight excluding hydrogens is 304 g/mol. The fourth-order valence-corrected chi connectivity index (χ4v) is 4.14. The van der Waals surface area contributed by atoms with E-state index in [9.17, 15) is 14.7 Å². The Hall–Kier alpha value is -2.30. The molecule has 0 saturated carbocycles. The first-order valence-corrected chi connectivity index (χ1v) is 8.79. The third-order valence-electron chi connectivity index (χ3n) is 5.42. The molecule has 1 aliphatic heterocycles. The highest BCUT2D eigenvalue weighted by Gasteiger charge is 2.30. The van der Waals surface area contributed by atoms with E-state index in [1.54, 1.807) is 4.90 Å². The van der Waals surface area contributed by atoms with Crippen molar-refractivity contribution < 1.29 is 14.7 Å². The molecule has 1 saturated heterocycles. The van der Waals surface area contributed by atoms with Crippen LogP contribution >= 0.6 is 0 Å². The van der Waals surface area contributed by atoms with Gasteiger partial charge in [-0.1, -0.05) is 12.1 Å². The van der Waals surface area contributed by atoms with E-state index in [0.29, 0.717) is 25.1 Å². The Labute approximate surface area is 140 Å². The van der Waals surface area contributed by atoms with Crippen molar-refractivity contribution in [2.75, 3.05) is 13.1 Å². The first kappa shape index (κ1) is 15.2. The lowest BCUT2D eigenvalue weighted by Crippen LogP contribution is -2.42. The number of aromatic nitrogens is 1. The predicted molar refractivity (Wildman–Crippen MR) is 91.2 cm³/mol. The zero-order valence-electron chi connectivity index (χ0n) is 13.7. The van der Waals surface area contributed by atoms with E-state index in [-0.39, 0.29) is 5.91 Å². The van der Waals surface area contributed by atoms with Gasteiger partial charge in [-0.25, -0.2) is 0 Å². The Kier molecular flexibility index (Phi) is 3.79. The molecule has 5 heteroatoms. The van der Waals surface area contributed by atoms with Crippen molar-refractivity contribution >= 4 is 22.8 Å². The maximum Gasteiger partial charge on any atom is 0.308 e. The average molecular weight is 326 g/mol. The van der Waals surface area contributed by atoms with Crippen molar-refractivity contribution in [3.05, 3.63) is 35.0 Å². The van der Waals surface area contributed by atoms with Gasteiger partial charge in [0.05, 0.1) is 17.0 Å². The highest BCUT2D eigenvalue weighted by molar-refractivity contribution is 6.07. The van der Waals surface area contributed by atoms with Crippen LogP contribution in [0.25, 0.3) is 10.9 Å². The Balaban J connectivity index is 1.69. The van der Waals surface area contributed by atoms with Crippen LogP contribution in [-0.4, -0.2) is 40.0 Å². The van der Waals surface area contributed by atoms with Crippen molar-refractivity contribution in [3.8, 4) is 0 Å². The number of piperidine rings is 1. The van der Waals surface area contributed by atoms with Crippen LogP contribution in [0.5, 0.6) is 0 Å². The molecule has 1 aromatic heterocycles.